The molecule has 1 N–H and O–H groups in total. The van der Waals surface area contributed by atoms with Gasteiger partial charge in [0.05, 0.1) is 28.6 Å². The molecule has 0 amide bonds. The molecule has 1 saturated heterocycles. The van der Waals surface area contributed by atoms with E-state index in [2.05, 4.69) is 69.0 Å². The van der Waals surface area contributed by atoms with Crippen molar-refractivity contribution in [2.75, 3.05) is 24.6 Å². The second kappa shape index (κ2) is 13.2. The van der Waals surface area contributed by atoms with Gasteiger partial charge in [0.2, 0.25) is 0 Å². The molecule has 9 heteroatoms. The molecular weight excluding hydrogens is 604 g/mol. The Morgan fingerprint density at radius 1 is 1.04 bits per heavy atom. The normalized spacial score (nSPS) is 21.2. The van der Waals surface area contributed by atoms with Crippen molar-refractivity contribution in [2.45, 2.75) is 111 Å². The van der Waals surface area contributed by atoms with Crippen molar-refractivity contribution in [2.24, 2.45) is 0 Å². The van der Waals surface area contributed by atoms with Crippen molar-refractivity contribution in [3.63, 3.8) is 0 Å². The third-order valence-electron chi connectivity index (χ3n) is 9.73. The average molecular weight is 655 g/mol. The van der Waals surface area contributed by atoms with Crippen LogP contribution in [0.1, 0.15) is 95.2 Å². The van der Waals surface area contributed by atoms with Gasteiger partial charge in [0.25, 0.3) is 0 Å². The highest BCUT2D eigenvalue weighted by molar-refractivity contribution is 5.80. The molecule has 3 aliphatic heterocycles. The summed E-state index contributed by atoms with van der Waals surface area (Å²) in [6.07, 6.45) is 3.38. The lowest BCUT2D eigenvalue weighted by Gasteiger charge is -2.41. The van der Waals surface area contributed by atoms with Gasteiger partial charge in [0.15, 0.2) is 11.8 Å². The van der Waals surface area contributed by atoms with Gasteiger partial charge in [-0.05, 0) is 122 Å². The minimum absolute atomic E-state index is 0.0655. The Morgan fingerprint density at radius 3 is 2.46 bits per heavy atom. The van der Waals surface area contributed by atoms with Crippen LogP contribution >= 0.6 is 0 Å². The number of benzene rings is 2. The predicted molar refractivity (Wildman–Crippen MR) is 189 cm³/mol. The van der Waals surface area contributed by atoms with E-state index in [-0.39, 0.29) is 11.7 Å². The van der Waals surface area contributed by atoms with E-state index in [1.54, 1.807) is 0 Å². The summed E-state index contributed by atoms with van der Waals surface area (Å²) >= 11 is 0. The molecule has 4 aromatic rings. The van der Waals surface area contributed by atoms with Gasteiger partial charge in [-0.25, -0.2) is 9.78 Å². The number of ether oxygens (including phenoxy) is 3. The molecule has 256 valence electrons. The average Bonchev–Trinajstić information content (AvgIpc) is 3.44. The van der Waals surface area contributed by atoms with Crippen molar-refractivity contribution in [3.8, 4) is 28.1 Å². The van der Waals surface area contributed by atoms with Crippen LogP contribution < -0.4 is 9.64 Å². The molecule has 2 unspecified atom stereocenters. The van der Waals surface area contributed by atoms with Crippen LogP contribution in [0.15, 0.2) is 42.5 Å². The number of rotatable bonds is 3. The van der Waals surface area contributed by atoms with Gasteiger partial charge in [0, 0.05) is 42.6 Å². The third-order valence-corrected chi connectivity index (χ3v) is 9.73. The Kier molecular flexibility index (Phi) is 9.30. The van der Waals surface area contributed by atoms with Crippen LogP contribution in [0.3, 0.4) is 0 Å². The maximum absolute atomic E-state index is 12.8. The Labute approximate surface area is 284 Å². The van der Waals surface area contributed by atoms with Crippen LogP contribution in [-0.2, 0) is 14.3 Å². The van der Waals surface area contributed by atoms with Crippen LogP contribution in [0.4, 0.5) is 5.82 Å². The number of aliphatic carboxylic acids is 1. The molecule has 0 aliphatic carbocycles. The number of carbonyl (C=O) groups is 1. The minimum atomic E-state index is -1.21. The summed E-state index contributed by atoms with van der Waals surface area (Å²) in [5, 5.41) is 15.6. The zero-order valence-electron chi connectivity index (χ0n) is 29.7. The summed E-state index contributed by atoms with van der Waals surface area (Å²) in [6.45, 7) is 18.2. The zero-order chi connectivity index (χ0) is 34.4. The first-order valence-corrected chi connectivity index (χ1v) is 17.3. The van der Waals surface area contributed by atoms with Gasteiger partial charge < -0.3 is 24.2 Å². The number of carboxylic acids is 1. The molecule has 7 rings (SSSR count). The van der Waals surface area contributed by atoms with Gasteiger partial charge in [-0.2, -0.15) is 9.61 Å². The second-order valence-corrected chi connectivity index (χ2v) is 14.9. The first kappa shape index (κ1) is 33.9. The van der Waals surface area contributed by atoms with E-state index in [1.165, 1.54) is 11.1 Å². The van der Waals surface area contributed by atoms with Crippen molar-refractivity contribution in [1.29, 1.82) is 0 Å². The quantitative estimate of drug-likeness (QED) is 0.236. The summed E-state index contributed by atoms with van der Waals surface area (Å²) in [5.74, 6) is 0.540. The summed E-state index contributed by atoms with van der Waals surface area (Å²) in [4.78, 5) is 20.0. The maximum atomic E-state index is 12.8. The number of hydrogen-bond donors (Lipinski definition) is 1. The first-order valence-electron chi connectivity index (χ1n) is 17.3. The monoisotopic (exact) mass is 654 g/mol. The van der Waals surface area contributed by atoms with Gasteiger partial charge >= 0.3 is 5.97 Å². The lowest BCUT2D eigenvalue weighted by atomic mass is 9.92. The van der Waals surface area contributed by atoms with E-state index in [9.17, 15) is 9.90 Å². The van der Waals surface area contributed by atoms with Crippen molar-refractivity contribution in [1.82, 2.24) is 14.6 Å². The van der Waals surface area contributed by atoms with Gasteiger partial charge in [-0.1, -0.05) is 18.2 Å². The largest absolute Gasteiger partial charge is 0.490 e. The lowest BCUT2D eigenvalue weighted by Crippen LogP contribution is -2.46. The predicted octanol–water partition coefficient (Wildman–Crippen LogP) is 8.26. The molecule has 2 aromatic heterocycles. The van der Waals surface area contributed by atoms with E-state index < -0.39 is 17.7 Å². The molecule has 5 heterocycles. The highest BCUT2D eigenvalue weighted by Gasteiger charge is 2.38. The molecule has 1 fully saturated rings. The molecule has 2 aromatic carbocycles. The van der Waals surface area contributed by atoms with Crippen LogP contribution in [0.25, 0.3) is 28.0 Å². The standard InChI is InChI=1S/C39H50N4O5/c1-24-20-30-28-13-11-14-29(22-28)31-23-33-40-27(4)34(35(37(44)45)48-38(5,6)7)36(43(33)41-31)42-17-15-39(8,16-18-42)46-19-10-9-12-26(3)47-32(30)21-25(24)2/h11,13-14,20-23,26,35H,9-10,12,15-19H2,1-8H3,(H,44,45). The molecular formula is C39H50N4O5. The number of hydrogen-bond acceptors (Lipinski definition) is 7. The fraction of sp³-hybridized carbons (Fsp3) is 0.513. The number of fused-ring (bicyclic) bond motifs is 8. The van der Waals surface area contributed by atoms with Gasteiger partial charge in [-0.15, -0.1) is 0 Å². The number of aryl methyl sites for hydroxylation is 3. The molecule has 9 nitrogen and oxygen atoms in total. The van der Waals surface area contributed by atoms with Gasteiger partial charge in [-0.3, -0.25) is 0 Å². The van der Waals surface area contributed by atoms with E-state index >= 15 is 0 Å². The first-order chi connectivity index (χ1) is 22.7. The molecule has 0 spiro atoms. The van der Waals surface area contributed by atoms with E-state index in [4.69, 9.17) is 24.3 Å². The third kappa shape index (κ3) is 7.08. The van der Waals surface area contributed by atoms with Crippen LogP contribution in [0.2, 0.25) is 0 Å². The van der Waals surface area contributed by atoms with E-state index in [0.29, 0.717) is 42.4 Å². The smallest absolute Gasteiger partial charge is 0.337 e. The Balaban J connectivity index is 1.54. The lowest BCUT2D eigenvalue weighted by molar-refractivity contribution is -0.160. The van der Waals surface area contributed by atoms with E-state index in [0.717, 1.165) is 60.2 Å². The summed E-state index contributed by atoms with van der Waals surface area (Å²) in [7, 11) is 0. The molecule has 2 atom stereocenters. The minimum Gasteiger partial charge on any atom is -0.490 e. The van der Waals surface area contributed by atoms with Crippen molar-refractivity contribution >= 4 is 17.4 Å². The van der Waals surface area contributed by atoms with E-state index in [1.807, 2.05) is 38.3 Å². The highest BCUT2D eigenvalue weighted by atomic mass is 16.5. The fourth-order valence-electron chi connectivity index (χ4n) is 6.88. The Morgan fingerprint density at radius 2 is 1.75 bits per heavy atom. The van der Waals surface area contributed by atoms with Crippen LogP contribution in [0.5, 0.6) is 5.75 Å². The topological polar surface area (TPSA) is 98.4 Å². The number of carboxylic acid groups (broad SMARTS) is 1. The molecule has 48 heavy (non-hydrogen) atoms. The highest BCUT2D eigenvalue weighted by Crippen LogP contribution is 2.40. The Bertz CT molecular complexity index is 1820. The Hall–Kier alpha value is -3.95. The number of nitrogens with zero attached hydrogens (tertiary/aromatic N) is 4. The second-order valence-electron chi connectivity index (χ2n) is 14.9. The summed E-state index contributed by atoms with van der Waals surface area (Å²) in [5.41, 5.74) is 7.03. The fourth-order valence-corrected chi connectivity index (χ4v) is 6.88. The van der Waals surface area contributed by atoms with Crippen LogP contribution in [-0.4, -0.2) is 62.7 Å². The zero-order valence-corrected chi connectivity index (χ0v) is 29.7. The SMILES string of the molecule is Cc1cc2c(cc1C)-c1cccc(c1)-c1cc3nc(C)c(C(OC(C)(C)C)C(=O)O)c(n3n1)N1CCC(C)(CC1)OCCCCC(C)O2. The van der Waals surface area contributed by atoms with Gasteiger partial charge in [0.1, 0.15) is 11.6 Å². The molecule has 3 aliphatic rings. The summed E-state index contributed by atoms with van der Waals surface area (Å²) < 4.78 is 21.2. The molecule has 0 radical (unpaired) electrons. The number of anilines is 1. The van der Waals surface area contributed by atoms with Crippen molar-refractivity contribution in [3.05, 3.63) is 64.8 Å². The van der Waals surface area contributed by atoms with Crippen LogP contribution in [0, 0.1) is 20.8 Å². The number of aromatic nitrogens is 3. The maximum Gasteiger partial charge on any atom is 0.337 e. The molecule has 6 bridgehead atoms. The molecule has 0 saturated carbocycles. The van der Waals surface area contributed by atoms with Crippen molar-refractivity contribution < 1.29 is 24.1 Å². The summed E-state index contributed by atoms with van der Waals surface area (Å²) in [6, 6.07) is 14.7. The number of piperidine rings is 1.